The van der Waals surface area contributed by atoms with Gasteiger partial charge < -0.3 is 11.1 Å². The highest BCUT2D eigenvalue weighted by atomic mass is 19.1. The van der Waals surface area contributed by atoms with Gasteiger partial charge in [-0.05, 0) is 49.7 Å². The van der Waals surface area contributed by atoms with Gasteiger partial charge in [0, 0.05) is 41.5 Å². The highest BCUT2D eigenvalue weighted by Gasteiger charge is 2.25. The van der Waals surface area contributed by atoms with Gasteiger partial charge in [0.1, 0.15) is 5.82 Å². The third kappa shape index (κ3) is 4.54. The molecular weight excluding hydrogens is 367 g/mol. The van der Waals surface area contributed by atoms with E-state index in [1.165, 1.54) is 6.07 Å². The molecule has 29 heavy (non-hydrogen) atoms. The van der Waals surface area contributed by atoms with Gasteiger partial charge >= 0.3 is 0 Å². The zero-order valence-corrected chi connectivity index (χ0v) is 16.5. The van der Waals surface area contributed by atoms with E-state index in [1.54, 1.807) is 24.3 Å². The fourth-order valence-electron chi connectivity index (χ4n) is 3.51. The van der Waals surface area contributed by atoms with Gasteiger partial charge in [-0.3, -0.25) is 14.7 Å². The van der Waals surface area contributed by atoms with Crippen LogP contribution in [0.5, 0.6) is 0 Å². The van der Waals surface area contributed by atoms with Crippen LogP contribution in [0.25, 0.3) is 0 Å². The minimum absolute atomic E-state index is 0.0583. The van der Waals surface area contributed by atoms with Crippen LogP contribution in [0.4, 0.5) is 4.39 Å². The van der Waals surface area contributed by atoms with Crippen LogP contribution in [0.2, 0.25) is 0 Å². The summed E-state index contributed by atoms with van der Waals surface area (Å²) in [5.41, 5.74) is 10.3. The number of rotatable bonds is 6. The van der Waals surface area contributed by atoms with Crippen molar-refractivity contribution in [3.05, 3.63) is 82.3 Å². The average Bonchev–Trinajstić information content (AvgIpc) is 3.46. The van der Waals surface area contributed by atoms with Crippen LogP contribution in [0.15, 0.2) is 64.8 Å². The van der Waals surface area contributed by atoms with E-state index in [9.17, 15) is 9.18 Å². The lowest BCUT2D eigenvalue weighted by Gasteiger charge is -2.12. The number of hydrogen-bond donors (Lipinski definition) is 2. The predicted molar refractivity (Wildman–Crippen MR) is 112 cm³/mol. The number of carbonyl (C=O) groups excluding carboxylic acids is 1. The molecule has 0 unspecified atom stereocenters. The van der Waals surface area contributed by atoms with Crippen LogP contribution in [-0.4, -0.2) is 42.7 Å². The Morgan fingerprint density at radius 2 is 2.00 bits per heavy atom. The van der Waals surface area contributed by atoms with E-state index in [0.29, 0.717) is 48.2 Å². The first kappa shape index (κ1) is 19.3. The highest BCUT2D eigenvalue weighted by Crippen LogP contribution is 2.22. The van der Waals surface area contributed by atoms with Gasteiger partial charge in [-0.1, -0.05) is 24.3 Å². The largest absolute Gasteiger partial charge is 0.401 e. The number of nitrogens with two attached hydrogens (primary N) is 1. The van der Waals surface area contributed by atoms with E-state index in [4.69, 9.17) is 10.7 Å². The number of nitrogens with one attached hydrogen (secondary N) is 1. The maximum atomic E-state index is 14.5. The van der Waals surface area contributed by atoms with Crippen molar-refractivity contribution in [1.29, 1.82) is 0 Å². The lowest BCUT2D eigenvalue weighted by atomic mass is 10.0. The molecule has 1 aliphatic carbocycles. The zero-order chi connectivity index (χ0) is 20.4. The molecule has 1 heterocycles. The first-order chi connectivity index (χ1) is 14.0. The molecule has 4 rings (SSSR count). The second kappa shape index (κ2) is 8.17. The Hall–Kier alpha value is -2.99. The Balaban J connectivity index is 1.63. The third-order valence-electron chi connectivity index (χ3n) is 5.19. The molecule has 150 valence electrons. The summed E-state index contributed by atoms with van der Waals surface area (Å²) < 4.78 is 14.5. The summed E-state index contributed by atoms with van der Waals surface area (Å²) >= 11 is 0. The Morgan fingerprint density at radius 1 is 1.21 bits per heavy atom. The number of aliphatic imine (C=N–C) groups is 1. The van der Waals surface area contributed by atoms with E-state index < -0.39 is 0 Å². The fraction of sp³-hybridized carbons (Fsp3) is 0.304. The van der Waals surface area contributed by atoms with Gasteiger partial charge in [0.25, 0.3) is 5.91 Å². The van der Waals surface area contributed by atoms with Crippen molar-refractivity contribution in [3.63, 3.8) is 0 Å². The smallest absolute Gasteiger partial charge is 0.251 e. The van der Waals surface area contributed by atoms with Crippen LogP contribution >= 0.6 is 0 Å². The van der Waals surface area contributed by atoms with Crippen molar-refractivity contribution >= 4 is 11.6 Å². The van der Waals surface area contributed by atoms with Gasteiger partial charge in [0.15, 0.2) is 0 Å². The Kier molecular flexibility index (Phi) is 5.45. The van der Waals surface area contributed by atoms with Crippen molar-refractivity contribution in [1.82, 2.24) is 10.2 Å². The van der Waals surface area contributed by atoms with Crippen molar-refractivity contribution in [2.45, 2.75) is 25.4 Å². The number of hydrogen-bond acceptors (Lipinski definition) is 4. The predicted octanol–water partition coefficient (Wildman–Crippen LogP) is 2.87. The quantitative estimate of drug-likeness (QED) is 0.743. The van der Waals surface area contributed by atoms with Crippen LogP contribution < -0.4 is 11.1 Å². The van der Waals surface area contributed by atoms with Crippen LogP contribution in [-0.2, 0) is 6.54 Å². The molecule has 0 saturated heterocycles. The molecule has 0 spiro atoms. The fourth-order valence-corrected chi connectivity index (χ4v) is 3.51. The lowest BCUT2D eigenvalue weighted by molar-refractivity contribution is 0.0951. The number of halogens is 1. The molecule has 1 amide bonds. The summed E-state index contributed by atoms with van der Waals surface area (Å²) in [6, 6.07) is 14.4. The molecule has 2 aromatic carbocycles. The topological polar surface area (TPSA) is 70.7 Å². The molecule has 0 bridgehead atoms. The molecule has 2 aliphatic rings. The molecule has 2 aromatic rings. The van der Waals surface area contributed by atoms with Crippen LogP contribution in [0.3, 0.4) is 0 Å². The van der Waals surface area contributed by atoms with E-state index >= 15 is 0 Å². The number of nitrogens with zero attached hydrogens (tertiary/aromatic N) is 2. The monoisotopic (exact) mass is 392 g/mol. The molecule has 6 heteroatoms. The van der Waals surface area contributed by atoms with Crippen LogP contribution in [0.1, 0.15) is 34.3 Å². The maximum absolute atomic E-state index is 14.5. The molecule has 3 N–H and O–H groups in total. The molecule has 5 nitrogen and oxygen atoms in total. The third-order valence-corrected chi connectivity index (χ3v) is 5.19. The zero-order valence-electron chi connectivity index (χ0n) is 16.5. The summed E-state index contributed by atoms with van der Waals surface area (Å²) in [5.74, 6) is -0.379. The number of benzene rings is 2. The summed E-state index contributed by atoms with van der Waals surface area (Å²) in [7, 11) is 1.97. The first-order valence-corrected chi connectivity index (χ1v) is 9.87. The minimum Gasteiger partial charge on any atom is -0.401 e. The summed E-state index contributed by atoms with van der Waals surface area (Å²) in [6.07, 6.45) is 2.10. The van der Waals surface area contributed by atoms with Gasteiger partial charge in [-0.2, -0.15) is 0 Å². The highest BCUT2D eigenvalue weighted by molar-refractivity contribution is 6.13. The molecule has 1 fully saturated rings. The normalized spacial score (nSPS) is 17.7. The summed E-state index contributed by atoms with van der Waals surface area (Å²) in [4.78, 5) is 19.1. The minimum atomic E-state index is -0.321. The average molecular weight is 392 g/mol. The second-order valence-electron chi connectivity index (χ2n) is 7.77. The maximum Gasteiger partial charge on any atom is 0.251 e. The van der Waals surface area contributed by atoms with Crippen LogP contribution in [0, 0.1) is 5.82 Å². The van der Waals surface area contributed by atoms with Crippen molar-refractivity contribution in [2.75, 3.05) is 20.1 Å². The van der Waals surface area contributed by atoms with Crippen molar-refractivity contribution in [2.24, 2.45) is 10.7 Å². The van der Waals surface area contributed by atoms with Gasteiger partial charge in [0.05, 0.1) is 12.3 Å². The Bertz CT molecular complexity index is 994. The number of amides is 1. The van der Waals surface area contributed by atoms with E-state index in [-0.39, 0.29) is 11.7 Å². The molecule has 1 saturated carbocycles. The molecule has 0 radical (unpaired) electrons. The number of likely N-dealkylation sites (N-methyl/N-ethyl adjacent to an activating group) is 1. The SMILES string of the molecule is CN1CC(N)=C(C(=NCc2cccc(C(=O)NC3CC3)c2)c2ccccc2F)C1. The number of carbonyl (C=O) groups is 1. The van der Waals surface area contributed by atoms with E-state index in [0.717, 1.165) is 24.0 Å². The van der Waals surface area contributed by atoms with Crippen molar-refractivity contribution in [3.8, 4) is 0 Å². The molecular formula is C23H25FN4O. The molecule has 1 aliphatic heterocycles. The molecule has 0 aromatic heterocycles. The standard InChI is InChI=1S/C23H25FN4O/c1-28-13-19(21(25)14-28)22(18-7-2-3-8-20(18)24)26-12-15-5-4-6-16(11-15)23(29)27-17-9-10-17/h2-8,11,17H,9-10,12-14,25H2,1H3,(H,27,29). The lowest BCUT2D eigenvalue weighted by Crippen LogP contribution is -2.25. The Labute approximate surface area is 170 Å². The van der Waals surface area contributed by atoms with Crippen molar-refractivity contribution < 1.29 is 9.18 Å². The van der Waals surface area contributed by atoms with Gasteiger partial charge in [-0.15, -0.1) is 0 Å². The first-order valence-electron chi connectivity index (χ1n) is 9.87. The Morgan fingerprint density at radius 3 is 2.69 bits per heavy atom. The summed E-state index contributed by atoms with van der Waals surface area (Å²) in [6.45, 7) is 1.61. The second-order valence-corrected chi connectivity index (χ2v) is 7.77. The summed E-state index contributed by atoms with van der Waals surface area (Å²) in [5, 5.41) is 3.00. The van der Waals surface area contributed by atoms with Gasteiger partial charge in [0.2, 0.25) is 0 Å². The van der Waals surface area contributed by atoms with E-state index in [1.807, 2.05) is 25.2 Å². The van der Waals surface area contributed by atoms with Gasteiger partial charge in [-0.25, -0.2) is 4.39 Å². The van der Waals surface area contributed by atoms with E-state index in [2.05, 4.69) is 10.2 Å². The molecule has 0 atom stereocenters.